The van der Waals surface area contributed by atoms with Gasteiger partial charge in [0.05, 0.1) is 0 Å². The van der Waals surface area contributed by atoms with Gasteiger partial charge in [0.25, 0.3) is 0 Å². The van der Waals surface area contributed by atoms with E-state index in [1.807, 2.05) is 13.8 Å². The van der Waals surface area contributed by atoms with E-state index in [1.165, 1.54) is 12.8 Å². The van der Waals surface area contributed by atoms with Gasteiger partial charge in [0.15, 0.2) is 0 Å². The van der Waals surface area contributed by atoms with Gasteiger partial charge < -0.3 is 0 Å². The van der Waals surface area contributed by atoms with Gasteiger partial charge in [-0.1, -0.05) is 79.7 Å². The number of hydrogen-bond donors (Lipinski definition) is 0. The Balaban J connectivity index is 0.000000861. The molecule has 108 valence electrons. The van der Waals surface area contributed by atoms with Crippen molar-refractivity contribution < 1.29 is 0 Å². The molecule has 0 aromatic carbocycles. The molecule has 0 nitrogen and oxygen atoms in total. The molecular weight excluding hydrogens is 228 g/mol. The van der Waals surface area contributed by atoms with Crippen LogP contribution >= 0.6 is 0 Å². The fourth-order valence-electron chi connectivity index (χ4n) is 2.91. The summed E-state index contributed by atoms with van der Waals surface area (Å²) in [5.41, 5.74) is 3.94. The molecule has 0 saturated carbocycles. The highest BCUT2D eigenvalue weighted by atomic mass is 14.4. The molecule has 0 bridgehead atoms. The Labute approximate surface area is 120 Å². The Hall–Kier alpha value is -0.780. The molecule has 0 unspecified atom stereocenters. The fourth-order valence-corrected chi connectivity index (χ4v) is 2.91. The predicted octanol–water partition coefficient (Wildman–Crippen LogP) is 6.31. The first-order valence-corrected chi connectivity index (χ1v) is 7.78. The summed E-state index contributed by atoms with van der Waals surface area (Å²) in [6, 6.07) is 0. The lowest BCUT2D eigenvalue weighted by molar-refractivity contribution is 0.273. The van der Waals surface area contributed by atoms with Crippen LogP contribution in [0.15, 0.2) is 35.5 Å². The number of hydrogen-bond acceptors (Lipinski definition) is 0. The zero-order chi connectivity index (χ0) is 14.9. The highest BCUT2D eigenvalue weighted by molar-refractivity contribution is 5.46. The van der Waals surface area contributed by atoms with Crippen molar-refractivity contribution >= 4 is 0 Å². The molecule has 0 radical (unpaired) electrons. The summed E-state index contributed by atoms with van der Waals surface area (Å²) in [7, 11) is 0. The first-order valence-electron chi connectivity index (χ1n) is 7.78. The van der Waals surface area contributed by atoms with Gasteiger partial charge in [-0.15, -0.1) is 0 Å². The Morgan fingerprint density at radius 2 is 1.00 bits per heavy atom. The maximum absolute atomic E-state index is 2.39. The van der Waals surface area contributed by atoms with E-state index in [2.05, 4.69) is 65.8 Å². The summed E-state index contributed by atoms with van der Waals surface area (Å²) in [6.45, 7) is 18.1. The smallest absolute Gasteiger partial charge is 0.00108 e. The van der Waals surface area contributed by atoms with Gasteiger partial charge in [-0.2, -0.15) is 0 Å². The van der Waals surface area contributed by atoms with Gasteiger partial charge in [-0.05, 0) is 34.8 Å². The maximum Gasteiger partial charge on any atom is 0.00108 e. The van der Waals surface area contributed by atoms with E-state index < -0.39 is 0 Å². The minimum atomic E-state index is 0.184. The van der Waals surface area contributed by atoms with Crippen LogP contribution in [0.5, 0.6) is 0 Å². The highest BCUT2D eigenvalue weighted by Gasteiger charge is 2.37. The first-order chi connectivity index (χ1) is 8.64. The maximum atomic E-state index is 2.39. The summed E-state index contributed by atoms with van der Waals surface area (Å²) in [6.07, 6.45) is 12.1. The zero-order valence-electron chi connectivity index (χ0n) is 14.2. The van der Waals surface area contributed by atoms with Gasteiger partial charge in [0.2, 0.25) is 0 Å². The molecule has 0 saturated heterocycles. The van der Waals surface area contributed by atoms with Crippen LogP contribution in [0.3, 0.4) is 0 Å². The van der Waals surface area contributed by atoms with Crippen LogP contribution in [0.25, 0.3) is 0 Å². The fraction of sp³-hybridized carbons (Fsp3) is 0.684. The second-order valence-electron chi connectivity index (χ2n) is 7.58. The van der Waals surface area contributed by atoms with Crippen molar-refractivity contribution in [2.24, 2.45) is 16.2 Å². The lowest BCUT2D eigenvalue weighted by atomic mass is 9.63. The van der Waals surface area contributed by atoms with Crippen LogP contribution in [-0.2, 0) is 0 Å². The lowest BCUT2D eigenvalue weighted by Crippen LogP contribution is -2.29. The van der Waals surface area contributed by atoms with E-state index in [9.17, 15) is 0 Å². The predicted molar refractivity (Wildman–Crippen MR) is 87.2 cm³/mol. The van der Waals surface area contributed by atoms with Gasteiger partial charge in [0.1, 0.15) is 0 Å². The van der Waals surface area contributed by atoms with Crippen LogP contribution < -0.4 is 0 Å². The number of rotatable bonds is 0. The van der Waals surface area contributed by atoms with Crippen molar-refractivity contribution in [3.8, 4) is 0 Å². The van der Waals surface area contributed by atoms with Crippen molar-refractivity contribution in [2.45, 2.75) is 68.2 Å². The highest BCUT2D eigenvalue weighted by Crippen LogP contribution is 2.51. The molecule has 0 aromatic heterocycles. The molecule has 0 heterocycles. The van der Waals surface area contributed by atoms with Gasteiger partial charge in [-0.25, -0.2) is 0 Å². The second kappa shape index (κ2) is 5.31. The SMILES string of the molecule is CC.CC1(C)C=CC2=C(C=C1)C(C)(C)CCC2(C)C. The molecule has 2 aliphatic carbocycles. The van der Waals surface area contributed by atoms with Crippen molar-refractivity contribution in [2.75, 3.05) is 0 Å². The van der Waals surface area contributed by atoms with Gasteiger partial charge >= 0.3 is 0 Å². The average Bonchev–Trinajstić information content (AvgIpc) is 2.48. The summed E-state index contributed by atoms with van der Waals surface area (Å²) in [5, 5.41) is 0. The van der Waals surface area contributed by atoms with E-state index in [0.29, 0.717) is 10.8 Å². The van der Waals surface area contributed by atoms with E-state index in [-0.39, 0.29) is 5.41 Å². The molecule has 0 heteroatoms. The summed E-state index contributed by atoms with van der Waals surface area (Å²) in [5.74, 6) is 0. The molecule has 0 aromatic rings. The van der Waals surface area contributed by atoms with Crippen molar-refractivity contribution in [3.05, 3.63) is 35.5 Å². The van der Waals surface area contributed by atoms with Crippen molar-refractivity contribution in [1.82, 2.24) is 0 Å². The minimum absolute atomic E-state index is 0.184. The van der Waals surface area contributed by atoms with E-state index in [1.54, 1.807) is 11.1 Å². The quantitative estimate of drug-likeness (QED) is 0.479. The van der Waals surface area contributed by atoms with Crippen LogP contribution in [0.1, 0.15) is 68.2 Å². The molecule has 0 fully saturated rings. The Morgan fingerprint density at radius 1 is 0.684 bits per heavy atom. The summed E-state index contributed by atoms with van der Waals surface area (Å²) in [4.78, 5) is 0. The second-order valence-corrected chi connectivity index (χ2v) is 7.58. The largest absolute Gasteiger partial charge is 0.0748 e. The molecule has 2 rings (SSSR count). The molecule has 0 amide bonds. The Bertz CT molecular complexity index is 373. The number of allylic oxidation sites excluding steroid dienone is 6. The van der Waals surface area contributed by atoms with Crippen LogP contribution in [0.2, 0.25) is 0 Å². The van der Waals surface area contributed by atoms with Gasteiger partial charge in [0, 0.05) is 5.41 Å². The topological polar surface area (TPSA) is 0 Å². The standard InChI is InChI=1S/C17H26.C2H6/c1-15(2)9-7-13-14(8-10-15)17(5,6)12-11-16(13,3)4;1-2/h7-10H,11-12H2,1-6H3;1-2H3. The average molecular weight is 260 g/mol. The zero-order valence-corrected chi connectivity index (χ0v) is 14.2. The van der Waals surface area contributed by atoms with Crippen LogP contribution in [0.4, 0.5) is 0 Å². The third-order valence-corrected chi connectivity index (χ3v) is 4.48. The Morgan fingerprint density at radius 3 is 1.32 bits per heavy atom. The molecule has 0 atom stereocenters. The lowest BCUT2D eigenvalue weighted by Gasteiger charge is -2.41. The van der Waals surface area contributed by atoms with Crippen molar-refractivity contribution in [1.29, 1.82) is 0 Å². The Kier molecular flexibility index (Phi) is 4.55. The molecule has 0 spiro atoms. The molecule has 0 N–H and O–H groups in total. The molecule has 19 heavy (non-hydrogen) atoms. The first kappa shape index (κ1) is 16.3. The monoisotopic (exact) mass is 260 g/mol. The summed E-state index contributed by atoms with van der Waals surface area (Å²) < 4.78 is 0. The van der Waals surface area contributed by atoms with E-state index >= 15 is 0 Å². The van der Waals surface area contributed by atoms with E-state index in [4.69, 9.17) is 0 Å². The summed E-state index contributed by atoms with van der Waals surface area (Å²) >= 11 is 0. The van der Waals surface area contributed by atoms with Gasteiger partial charge in [-0.3, -0.25) is 0 Å². The van der Waals surface area contributed by atoms with Crippen LogP contribution in [-0.4, -0.2) is 0 Å². The normalized spacial score (nSPS) is 26.1. The van der Waals surface area contributed by atoms with Crippen LogP contribution in [0, 0.1) is 16.2 Å². The van der Waals surface area contributed by atoms with Crippen molar-refractivity contribution in [3.63, 3.8) is 0 Å². The molecule has 2 aliphatic rings. The third-order valence-electron chi connectivity index (χ3n) is 4.48. The minimum Gasteiger partial charge on any atom is -0.0748 e. The molecular formula is C19H32. The molecule has 0 aliphatic heterocycles. The third kappa shape index (κ3) is 3.41. The van der Waals surface area contributed by atoms with E-state index in [0.717, 1.165) is 0 Å².